The Kier molecular flexibility index (Phi) is 11.3. The number of rotatable bonds is 11. The Morgan fingerprint density at radius 3 is 1.55 bits per heavy atom. The Balaban J connectivity index is 1.86. The van der Waals surface area contributed by atoms with E-state index in [0.717, 1.165) is 18.6 Å². The average molecular weight is 537 g/mol. The van der Waals surface area contributed by atoms with Crippen molar-refractivity contribution in [2.75, 3.05) is 13.1 Å². The lowest BCUT2D eigenvalue weighted by Crippen LogP contribution is -2.46. The quantitative estimate of drug-likeness (QED) is 0.169. The molecule has 11 nitrogen and oxygen atoms in total. The Hall–Kier alpha value is -3.37. The summed E-state index contributed by atoms with van der Waals surface area (Å²) in [6.45, 7) is 14.8. The summed E-state index contributed by atoms with van der Waals surface area (Å²) < 4.78 is 21.1. The number of nitrogens with zero attached hydrogens (tertiary/aromatic N) is 2. The van der Waals surface area contributed by atoms with Crippen LogP contribution in [0, 0.1) is 0 Å². The fourth-order valence-corrected chi connectivity index (χ4v) is 4.46. The smallest absolute Gasteiger partial charge is 0.331 e. The zero-order valence-corrected chi connectivity index (χ0v) is 23.1. The summed E-state index contributed by atoms with van der Waals surface area (Å²) in [6.07, 6.45) is 1.60. The molecule has 11 heteroatoms. The van der Waals surface area contributed by atoms with Crippen LogP contribution in [0.15, 0.2) is 24.5 Å². The average Bonchev–Trinajstić information content (AvgIpc) is 3.51. The van der Waals surface area contributed by atoms with Crippen LogP contribution in [0.4, 0.5) is 0 Å². The molecule has 0 spiro atoms. The third kappa shape index (κ3) is 8.59. The second-order valence-corrected chi connectivity index (χ2v) is 9.99. The lowest BCUT2D eigenvalue weighted by atomic mass is 10.2. The molecule has 0 saturated carbocycles. The maximum atomic E-state index is 12.9. The van der Waals surface area contributed by atoms with Gasteiger partial charge in [0.1, 0.15) is 11.8 Å². The van der Waals surface area contributed by atoms with E-state index in [1.54, 1.807) is 18.7 Å². The van der Waals surface area contributed by atoms with Gasteiger partial charge >= 0.3 is 17.9 Å². The van der Waals surface area contributed by atoms with Gasteiger partial charge in [0.25, 0.3) is 11.8 Å². The normalized spacial score (nSPS) is 20.9. The maximum Gasteiger partial charge on any atom is 0.331 e. The van der Waals surface area contributed by atoms with E-state index in [0.29, 0.717) is 38.1 Å². The van der Waals surface area contributed by atoms with E-state index in [4.69, 9.17) is 18.9 Å². The van der Waals surface area contributed by atoms with Crippen LogP contribution in [0.3, 0.4) is 0 Å². The molecule has 2 aliphatic rings. The van der Waals surface area contributed by atoms with Gasteiger partial charge in [-0.1, -0.05) is 6.58 Å². The van der Waals surface area contributed by atoms with Crippen LogP contribution in [0.25, 0.3) is 0 Å². The molecule has 2 saturated heterocycles. The predicted molar refractivity (Wildman–Crippen MR) is 136 cm³/mol. The summed E-state index contributed by atoms with van der Waals surface area (Å²) in [7, 11) is 0. The van der Waals surface area contributed by atoms with Gasteiger partial charge in [-0.25, -0.2) is 14.4 Å². The van der Waals surface area contributed by atoms with Crippen LogP contribution in [0.2, 0.25) is 0 Å². The first-order chi connectivity index (χ1) is 17.8. The lowest BCUT2D eigenvalue weighted by Gasteiger charge is -2.29. The molecule has 4 atom stereocenters. The summed E-state index contributed by atoms with van der Waals surface area (Å²) in [6, 6.07) is -1.02. The second kappa shape index (κ2) is 14.0. The van der Waals surface area contributed by atoms with Crippen molar-refractivity contribution in [2.24, 2.45) is 0 Å². The Bertz CT molecular complexity index is 869. The topological polar surface area (TPSA) is 129 Å². The number of hydrogen-bond acceptors (Lipinski definition) is 9. The lowest BCUT2D eigenvalue weighted by molar-refractivity contribution is -0.162. The van der Waals surface area contributed by atoms with Crippen LogP contribution in [0.1, 0.15) is 67.2 Å². The molecule has 0 radical (unpaired) electrons. The minimum atomic E-state index is -1.18. The molecular weight excluding hydrogens is 496 g/mol. The summed E-state index contributed by atoms with van der Waals surface area (Å²) in [4.78, 5) is 65.2. The standard InChI is InChI=1S/C27H40N2O9/c1-16(2)35-18(5)21-10-8-14-28(21)25(32)19(6)37-23(30)12-13-24(31)38-20(7)26(33)29-15-9-11-22(29)27(34)36-17(3)4/h12-13,16-17,19-22H,5,8-11,14-15H2,1-4,6-7H3/b13-12+/t19-,20-,21-,22-/m0/s1. The van der Waals surface area contributed by atoms with E-state index in [1.165, 1.54) is 18.7 Å². The number of carbonyl (C=O) groups excluding carboxylic acids is 5. The third-order valence-corrected chi connectivity index (χ3v) is 6.09. The fraction of sp³-hybridized carbons (Fsp3) is 0.667. The third-order valence-electron chi connectivity index (χ3n) is 6.09. The molecule has 2 fully saturated rings. The highest BCUT2D eigenvalue weighted by Crippen LogP contribution is 2.25. The van der Waals surface area contributed by atoms with Crippen molar-refractivity contribution >= 4 is 29.7 Å². The van der Waals surface area contributed by atoms with Crippen LogP contribution in [-0.2, 0) is 42.9 Å². The maximum absolute atomic E-state index is 12.9. The van der Waals surface area contributed by atoms with Crippen LogP contribution < -0.4 is 0 Å². The van der Waals surface area contributed by atoms with Gasteiger partial charge in [-0.15, -0.1) is 0 Å². The molecule has 0 unspecified atom stereocenters. The number of ether oxygens (including phenoxy) is 4. The Morgan fingerprint density at radius 2 is 1.11 bits per heavy atom. The van der Waals surface area contributed by atoms with E-state index >= 15 is 0 Å². The van der Waals surface area contributed by atoms with Crippen molar-refractivity contribution < 1.29 is 42.9 Å². The molecule has 0 aromatic carbocycles. The molecule has 2 rings (SSSR count). The van der Waals surface area contributed by atoms with Crippen LogP contribution >= 0.6 is 0 Å². The molecule has 2 aliphatic heterocycles. The van der Waals surface area contributed by atoms with E-state index in [1.807, 2.05) is 13.8 Å². The minimum absolute atomic E-state index is 0.0728. The SMILES string of the molecule is C=C(OC(C)C)[C@@H]1CCCN1C(=O)[C@H](C)OC(=O)/C=C/C(=O)O[C@@H](C)C(=O)N1CCC[C@H]1C(=O)OC(C)C. The highest BCUT2D eigenvalue weighted by atomic mass is 16.6. The van der Waals surface area contributed by atoms with Gasteiger partial charge in [0.2, 0.25) is 0 Å². The fourth-order valence-electron chi connectivity index (χ4n) is 4.46. The zero-order chi connectivity index (χ0) is 28.6. The van der Waals surface area contributed by atoms with Gasteiger partial charge in [-0.05, 0) is 67.2 Å². The summed E-state index contributed by atoms with van der Waals surface area (Å²) in [5.41, 5.74) is 0. The molecule has 0 aliphatic carbocycles. The molecule has 0 aromatic rings. The Morgan fingerprint density at radius 1 is 0.684 bits per heavy atom. The minimum Gasteiger partial charge on any atom is -0.494 e. The summed E-state index contributed by atoms with van der Waals surface area (Å²) >= 11 is 0. The molecule has 2 amide bonds. The monoisotopic (exact) mass is 536 g/mol. The number of amides is 2. The Labute approximate surface area is 224 Å². The van der Waals surface area contributed by atoms with Crippen molar-refractivity contribution in [3.05, 3.63) is 24.5 Å². The number of likely N-dealkylation sites (tertiary alicyclic amines) is 2. The van der Waals surface area contributed by atoms with Crippen molar-refractivity contribution in [3.8, 4) is 0 Å². The first kappa shape index (κ1) is 30.9. The van der Waals surface area contributed by atoms with Crippen molar-refractivity contribution in [1.29, 1.82) is 0 Å². The summed E-state index contributed by atoms with van der Waals surface area (Å²) in [5.74, 6) is -2.77. The van der Waals surface area contributed by atoms with Gasteiger partial charge in [-0.2, -0.15) is 0 Å². The highest BCUT2D eigenvalue weighted by molar-refractivity contribution is 5.95. The molecule has 0 aromatic heterocycles. The summed E-state index contributed by atoms with van der Waals surface area (Å²) in [5, 5.41) is 0. The molecule has 212 valence electrons. The van der Waals surface area contributed by atoms with Crippen LogP contribution in [-0.4, -0.2) is 89.1 Å². The van der Waals surface area contributed by atoms with Gasteiger partial charge in [0, 0.05) is 25.2 Å². The van der Waals surface area contributed by atoms with Gasteiger partial charge in [-0.3, -0.25) is 9.59 Å². The predicted octanol–water partition coefficient (Wildman–Crippen LogP) is 2.28. The van der Waals surface area contributed by atoms with Gasteiger partial charge in [0.15, 0.2) is 12.2 Å². The van der Waals surface area contributed by atoms with E-state index in [9.17, 15) is 24.0 Å². The van der Waals surface area contributed by atoms with Gasteiger partial charge in [0.05, 0.1) is 18.2 Å². The highest BCUT2D eigenvalue weighted by Gasteiger charge is 2.38. The first-order valence-corrected chi connectivity index (χ1v) is 13.1. The molecule has 38 heavy (non-hydrogen) atoms. The second-order valence-electron chi connectivity index (χ2n) is 9.99. The van der Waals surface area contributed by atoms with E-state index < -0.39 is 42.1 Å². The van der Waals surface area contributed by atoms with Crippen molar-refractivity contribution in [1.82, 2.24) is 9.80 Å². The van der Waals surface area contributed by atoms with E-state index in [-0.39, 0.29) is 24.2 Å². The number of hydrogen-bond donors (Lipinski definition) is 0. The largest absolute Gasteiger partial charge is 0.494 e. The molecule has 0 N–H and O–H groups in total. The van der Waals surface area contributed by atoms with Crippen molar-refractivity contribution in [2.45, 2.75) is 104 Å². The molecule has 2 heterocycles. The number of esters is 3. The number of carbonyl (C=O) groups is 5. The zero-order valence-electron chi connectivity index (χ0n) is 23.1. The molecular formula is C27H40N2O9. The van der Waals surface area contributed by atoms with E-state index in [2.05, 4.69) is 6.58 Å². The van der Waals surface area contributed by atoms with Gasteiger partial charge < -0.3 is 28.7 Å². The first-order valence-electron chi connectivity index (χ1n) is 13.1. The van der Waals surface area contributed by atoms with Crippen LogP contribution in [0.5, 0.6) is 0 Å². The van der Waals surface area contributed by atoms with Crippen molar-refractivity contribution in [3.63, 3.8) is 0 Å². The molecule has 0 bridgehead atoms.